The first-order valence-corrected chi connectivity index (χ1v) is 9.92. The van der Waals surface area contributed by atoms with E-state index in [-0.39, 0.29) is 11.9 Å². The first kappa shape index (κ1) is 19.3. The maximum absolute atomic E-state index is 12.7. The monoisotopic (exact) mass is 390 g/mol. The van der Waals surface area contributed by atoms with E-state index < -0.39 is 0 Å². The average Bonchev–Trinajstić information content (AvgIpc) is 3.20. The minimum Gasteiger partial charge on any atom is -0.497 e. The molecule has 0 unspecified atom stereocenters. The standard InChI is InChI=1S/C24H26N2O3/c1-28-20-11-12-21(23(15-20)29-2)22-8-5-13-26(22)16-24(27)25-19-10-9-17-6-3-4-7-18(17)14-19/h3-4,6-7,9-12,14-15,22H,5,8,13,16H2,1-2H3,(H,25,27)/t22-/m1/s1. The summed E-state index contributed by atoms with van der Waals surface area (Å²) in [4.78, 5) is 15.0. The van der Waals surface area contributed by atoms with E-state index in [0.29, 0.717) is 6.54 Å². The maximum atomic E-state index is 12.7. The van der Waals surface area contributed by atoms with Crippen molar-refractivity contribution in [2.75, 3.05) is 32.6 Å². The van der Waals surface area contributed by atoms with Gasteiger partial charge in [0.25, 0.3) is 0 Å². The lowest BCUT2D eigenvalue weighted by molar-refractivity contribution is -0.117. The molecular weight excluding hydrogens is 364 g/mol. The number of nitrogens with one attached hydrogen (secondary N) is 1. The lowest BCUT2D eigenvalue weighted by Gasteiger charge is -2.26. The number of amides is 1. The fraction of sp³-hybridized carbons (Fsp3) is 0.292. The third-order valence-electron chi connectivity index (χ3n) is 5.54. The summed E-state index contributed by atoms with van der Waals surface area (Å²) in [5.41, 5.74) is 1.93. The molecule has 4 rings (SSSR count). The van der Waals surface area contributed by atoms with Crippen LogP contribution in [-0.2, 0) is 4.79 Å². The van der Waals surface area contributed by atoms with Crippen LogP contribution in [0.4, 0.5) is 5.69 Å². The van der Waals surface area contributed by atoms with E-state index in [1.165, 1.54) is 0 Å². The van der Waals surface area contributed by atoms with Crippen molar-refractivity contribution in [2.45, 2.75) is 18.9 Å². The average molecular weight is 390 g/mol. The van der Waals surface area contributed by atoms with Gasteiger partial charge in [-0.25, -0.2) is 0 Å². The predicted molar refractivity (Wildman–Crippen MR) is 116 cm³/mol. The first-order valence-electron chi connectivity index (χ1n) is 9.92. The minimum absolute atomic E-state index is 0.000315. The van der Waals surface area contributed by atoms with Crippen LogP contribution in [0.3, 0.4) is 0 Å². The van der Waals surface area contributed by atoms with Crippen LogP contribution in [0.15, 0.2) is 60.7 Å². The number of hydrogen-bond donors (Lipinski definition) is 1. The van der Waals surface area contributed by atoms with E-state index in [2.05, 4.69) is 22.3 Å². The van der Waals surface area contributed by atoms with E-state index in [9.17, 15) is 4.79 Å². The second-order valence-electron chi connectivity index (χ2n) is 7.35. The number of hydrogen-bond acceptors (Lipinski definition) is 4. The Hall–Kier alpha value is -3.05. The lowest BCUT2D eigenvalue weighted by atomic mass is 10.0. The van der Waals surface area contributed by atoms with Crippen molar-refractivity contribution >= 4 is 22.4 Å². The molecule has 1 aliphatic rings. The van der Waals surface area contributed by atoms with Gasteiger partial charge in [-0.05, 0) is 48.4 Å². The molecule has 0 spiro atoms. The van der Waals surface area contributed by atoms with Gasteiger partial charge in [0.15, 0.2) is 0 Å². The molecule has 29 heavy (non-hydrogen) atoms. The third-order valence-corrected chi connectivity index (χ3v) is 5.54. The smallest absolute Gasteiger partial charge is 0.238 e. The number of nitrogens with zero attached hydrogens (tertiary/aromatic N) is 1. The molecule has 0 aromatic heterocycles. The zero-order valence-electron chi connectivity index (χ0n) is 16.9. The second-order valence-corrected chi connectivity index (χ2v) is 7.35. The Kier molecular flexibility index (Phi) is 5.67. The van der Waals surface area contributed by atoms with E-state index in [4.69, 9.17) is 9.47 Å². The molecule has 5 heteroatoms. The molecule has 1 fully saturated rings. The Bertz CT molecular complexity index is 1020. The number of likely N-dealkylation sites (tertiary alicyclic amines) is 1. The molecular formula is C24H26N2O3. The van der Waals surface area contributed by atoms with Gasteiger partial charge < -0.3 is 14.8 Å². The van der Waals surface area contributed by atoms with Crippen LogP contribution in [0.1, 0.15) is 24.4 Å². The van der Waals surface area contributed by atoms with Gasteiger partial charge in [0, 0.05) is 23.4 Å². The topological polar surface area (TPSA) is 50.8 Å². The van der Waals surface area contributed by atoms with Crippen LogP contribution in [0.5, 0.6) is 11.5 Å². The summed E-state index contributed by atoms with van der Waals surface area (Å²) >= 11 is 0. The van der Waals surface area contributed by atoms with Crippen LogP contribution in [0.25, 0.3) is 10.8 Å². The van der Waals surface area contributed by atoms with Gasteiger partial charge in [0.1, 0.15) is 11.5 Å². The number of anilines is 1. The van der Waals surface area contributed by atoms with Gasteiger partial charge in [-0.1, -0.05) is 36.4 Å². The number of carbonyl (C=O) groups excluding carboxylic acids is 1. The molecule has 0 saturated carbocycles. The number of ether oxygens (including phenoxy) is 2. The minimum atomic E-state index is -0.000315. The van der Waals surface area contributed by atoms with Crippen LogP contribution in [-0.4, -0.2) is 38.1 Å². The number of carbonyl (C=O) groups is 1. The fourth-order valence-electron chi connectivity index (χ4n) is 4.11. The van der Waals surface area contributed by atoms with Crippen molar-refractivity contribution in [1.82, 2.24) is 4.90 Å². The highest BCUT2D eigenvalue weighted by Gasteiger charge is 2.29. The summed E-state index contributed by atoms with van der Waals surface area (Å²) in [6.07, 6.45) is 2.06. The summed E-state index contributed by atoms with van der Waals surface area (Å²) in [6, 6.07) is 20.2. The Morgan fingerprint density at radius 1 is 1.03 bits per heavy atom. The lowest BCUT2D eigenvalue weighted by Crippen LogP contribution is -2.33. The Balaban J connectivity index is 1.47. The van der Waals surface area contributed by atoms with Gasteiger partial charge in [-0.2, -0.15) is 0 Å². The van der Waals surface area contributed by atoms with E-state index in [1.807, 2.05) is 48.5 Å². The Labute approximate surface area is 171 Å². The molecule has 1 N–H and O–H groups in total. The summed E-state index contributed by atoms with van der Waals surface area (Å²) in [7, 11) is 3.32. The van der Waals surface area contributed by atoms with E-state index in [0.717, 1.165) is 52.9 Å². The van der Waals surface area contributed by atoms with E-state index >= 15 is 0 Å². The second kappa shape index (κ2) is 8.53. The van der Waals surface area contributed by atoms with Crippen LogP contribution >= 0.6 is 0 Å². The third kappa shape index (κ3) is 4.20. The van der Waals surface area contributed by atoms with E-state index in [1.54, 1.807) is 14.2 Å². The van der Waals surface area contributed by atoms with Crippen LogP contribution < -0.4 is 14.8 Å². The summed E-state index contributed by atoms with van der Waals surface area (Å²) in [5, 5.41) is 5.33. The highest BCUT2D eigenvalue weighted by Crippen LogP contribution is 2.38. The van der Waals surface area contributed by atoms with Crippen molar-refractivity contribution in [3.05, 3.63) is 66.2 Å². The number of fused-ring (bicyclic) bond motifs is 1. The van der Waals surface area contributed by atoms with Gasteiger partial charge >= 0.3 is 0 Å². The Morgan fingerprint density at radius 3 is 2.66 bits per heavy atom. The molecule has 1 saturated heterocycles. The number of benzene rings is 3. The van der Waals surface area contributed by atoms with Gasteiger partial charge in [0.2, 0.25) is 5.91 Å². The summed E-state index contributed by atoms with van der Waals surface area (Å²) in [5.74, 6) is 1.57. The molecule has 3 aromatic carbocycles. The van der Waals surface area contributed by atoms with Crippen molar-refractivity contribution < 1.29 is 14.3 Å². The highest BCUT2D eigenvalue weighted by molar-refractivity contribution is 5.95. The number of rotatable bonds is 6. The normalized spacial score (nSPS) is 16.7. The van der Waals surface area contributed by atoms with Gasteiger partial charge in [-0.15, -0.1) is 0 Å². The van der Waals surface area contributed by atoms with Crippen molar-refractivity contribution in [2.24, 2.45) is 0 Å². The molecule has 5 nitrogen and oxygen atoms in total. The summed E-state index contributed by atoms with van der Waals surface area (Å²) in [6.45, 7) is 1.25. The largest absolute Gasteiger partial charge is 0.497 e. The molecule has 1 amide bonds. The molecule has 0 radical (unpaired) electrons. The molecule has 0 bridgehead atoms. The number of methoxy groups -OCH3 is 2. The molecule has 0 aliphatic carbocycles. The van der Waals surface area contributed by atoms with Crippen LogP contribution in [0.2, 0.25) is 0 Å². The molecule has 1 aliphatic heterocycles. The summed E-state index contributed by atoms with van der Waals surface area (Å²) < 4.78 is 10.9. The predicted octanol–water partition coefficient (Wildman–Crippen LogP) is 4.63. The van der Waals surface area contributed by atoms with Crippen LogP contribution in [0, 0.1) is 0 Å². The Morgan fingerprint density at radius 2 is 1.86 bits per heavy atom. The molecule has 1 atom stereocenters. The highest BCUT2D eigenvalue weighted by atomic mass is 16.5. The zero-order chi connectivity index (χ0) is 20.2. The van der Waals surface area contributed by atoms with Crippen molar-refractivity contribution in [1.29, 1.82) is 0 Å². The molecule has 3 aromatic rings. The maximum Gasteiger partial charge on any atom is 0.238 e. The van der Waals surface area contributed by atoms with Gasteiger partial charge in [0.05, 0.1) is 20.8 Å². The zero-order valence-corrected chi connectivity index (χ0v) is 16.9. The van der Waals surface area contributed by atoms with Gasteiger partial charge in [-0.3, -0.25) is 9.69 Å². The molecule has 1 heterocycles. The van der Waals surface area contributed by atoms with Crippen molar-refractivity contribution in [3.8, 4) is 11.5 Å². The SMILES string of the molecule is COc1ccc([C@H]2CCCN2CC(=O)Nc2ccc3ccccc3c2)c(OC)c1. The fourth-order valence-corrected chi connectivity index (χ4v) is 4.11. The van der Waals surface area contributed by atoms with Crippen molar-refractivity contribution in [3.63, 3.8) is 0 Å². The first-order chi connectivity index (χ1) is 14.2. The quantitative estimate of drug-likeness (QED) is 0.667. The molecule has 150 valence electrons.